The fourth-order valence-corrected chi connectivity index (χ4v) is 4.96. The van der Waals surface area contributed by atoms with Gasteiger partial charge in [0.1, 0.15) is 0 Å². The van der Waals surface area contributed by atoms with Crippen molar-refractivity contribution in [3.8, 4) is 0 Å². The van der Waals surface area contributed by atoms with Crippen LogP contribution in [0.2, 0.25) is 0 Å². The van der Waals surface area contributed by atoms with E-state index in [0.717, 1.165) is 10.9 Å². The highest BCUT2D eigenvalue weighted by molar-refractivity contribution is 7.91. The minimum absolute atomic E-state index is 0.0390. The molecule has 2 heterocycles. The third kappa shape index (κ3) is 2.91. The fraction of sp³-hybridized carbons (Fsp3) is 0.353. The van der Waals surface area contributed by atoms with E-state index in [1.807, 2.05) is 42.1 Å². The van der Waals surface area contributed by atoms with Gasteiger partial charge in [0.25, 0.3) is 5.91 Å². The van der Waals surface area contributed by atoms with Crippen LogP contribution in [0.3, 0.4) is 0 Å². The average Bonchev–Trinajstić information content (AvgIpc) is 3.05. The average molecular weight is 332 g/mol. The summed E-state index contributed by atoms with van der Waals surface area (Å²) in [5.74, 6) is 0.0506. The summed E-state index contributed by atoms with van der Waals surface area (Å²) in [6, 6.07) is 7.44. The lowest BCUT2D eigenvalue weighted by atomic mass is 10.1. The van der Waals surface area contributed by atoms with Gasteiger partial charge >= 0.3 is 0 Å². The van der Waals surface area contributed by atoms with Crippen molar-refractivity contribution in [1.82, 2.24) is 9.47 Å². The Hall–Kier alpha value is -2.08. The van der Waals surface area contributed by atoms with Crippen LogP contribution in [0.5, 0.6) is 0 Å². The van der Waals surface area contributed by atoms with E-state index in [1.54, 1.807) is 11.0 Å². The molecule has 0 bridgehead atoms. The van der Waals surface area contributed by atoms with Gasteiger partial charge in [0, 0.05) is 36.7 Å². The number of fused-ring (bicyclic) bond motifs is 1. The number of aromatic nitrogens is 1. The number of hydrogen-bond acceptors (Lipinski definition) is 3. The molecule has 2 aromatic rings. The minimum Gasteiger partial charge on any atom is -0.350 e. The number of amides is 1. The Morgan fingerprint density at radius 1 is 1.43 bits per heavy atom. The van der Waals surface area contributed by atoms with Crippen LogP contribution in [0.4, 0.5) is 0 Å². The van der Waals surface area contributed by atoms with Crippen molar-refractivity contribution in [2.24, 2.45) is 7.05 Å². The van der Waals surface area contributed by atoms with Crippen LogP contribution < -0.4 is 0 Å². The van der Waals surface area contributed by atoms with E-state index in [1.165, 1.54) is 0 Å². The van der Waals surface area contributed by atoms with E-state index in [2.05, 4.69) is 6.58 Å². The Kier molecular flexibility index (Phi) is 4.02. The van der Waals surface area contributed by atoms with Gasteiger partial charge < -0.3 is 9.47 Å². The number of rotatable bonds is 4. The van der Waals surface area contributed by atoms with Crippen LogP contribution in [0, 0.1) is 0 Å². The maximum absolute atomic E-state index is 13.0. The molecule has 3 rings (SSSR count). The molecular formula is C17H20N2O3S. The zero-order valence-electron chi connectivity index (χ0n) is 13.1. The number of nitrogens with zero attached hydrogens (tertiary/aromatic N) is 2. The van der Waals surface area contributed by atoms with Gasteiger partial charge in [-0.05, 0) is 12.5 Å². The molecule has 0 unspecified atom stereocenters. The number of sulfone groups is 1. The fourth-order valence-electron chi connectivity index (χ4n) is 3.22. The molecule has 1 amide bonds. The molecule has 0 aliphatic carbocycles. The van der Waals surface area contributed by atoms with Gasteiger partial charge in [0.2, 0.25) is 0 Å². The lowest BCUT2D eigenvalue weighted by Gasteiger charge is -2.26. The molecule has 1 atom stereocenters. The summed E-state index contributed by atoms with van der Waals surface area (Å²) in [5.41, 5.74) is 1.59. The number of carbonyl (C=O) groups is 1. The lowest BCUT2D eigenvalue weighted by molar-refractivity contribution is 0.0722. The summed E-state index contributed by atoms with van der Waals surface area (Å²) >= 11 is 0. The second kappa shape index (κ2) is 5.85. The molecule has 0 saturated carbocycles. The van der Waals surface area contributed by atoms with Gasteiger partial charge in [-0.15, -0.1) is 6.58 Å². The van der Waals surface area contributed by atoms with Crippen molar-refractivity contribution in [3.63, 3.8) is 0 Å². The summed E-state index contributed by atoms with van der Waals surface area (Å²) < 4.78 is 25.4. The second-order valence-corrected chi connectivity index (χ2v) is 8.20. The molecule has 1 aromatic carbocycles. The SMILES string of the molecule is C=CCN(C(=O)c1cn(C)c2ccccc12)[C@@H]1CCS(=O)(=O)C1. The van der Waals surface area contributed by atoms with Gasteiger partial charge in [-0.2, -0.15) is 0 Å². The molecule has 6 heteroatoms. The molecular weight excluding hydrogens is 312 g/mol. The number of benzene rings is 1. The van der Waals surface area contributed by atoms with Crippen LogP contribution in [-0.4, -0.2) is 47.9 Å². The lowest BCUT2D eigenvalue weighted by Crippen LogP contribution is -2.41. The Balaban J connectivity index is 1.99. The van der Waals surface area contributed by atoms with Crippen LogP contribution >= 0.6 is 0 Å². The third-order valence-electron chi connectivity index (χ3n) is 4.36. The molecule has 1 aliphatic heterocycles. The van der Waals surface area contributed by atoms with Gasteiger partial charge in [0.15, 0.2) is 9.84 Å². The largest absolute Gasteiger partial charge is 0.350 e. The quantitative estimate of drug-likeness (QED) is 0.805. The highest BCUT2D eigenvalue weighted by Crippen LogP contribution is 2.25. The Morgan fingerprint density at radius 2 is 2.17 bits per heavy atom. The molecule has 0 spiro atoms. The van der Waals surface area contributed by atoms with Crippen LogP contribution in [-0.2, 0) is 16.9 Å². The zero-order valence-corrected chi connectivity index (χ0v) is 13.9. The first kappa shape index (κ1) is 15.8. The summed E-state index contributed by atoms with van der Waals surface area (Å²) in [6.45, 7) is 4.05. The first-order valence-corrected chi connectivity index (χ1v) is 9.41. The van der Waals surface area contributed by atoms with Crippen molar-refractivity contribution >= 4 is 26.6 Å². The van der Waals surface area contributed by atoms with Gasteiger partial charge in [-0.3, -0.25) is 4.79 Å². The van der Waals surface area contributed by atoms with Gasteiger partial charge in [0.05, 0.1) is 17.1 Å². The standard InChI is InChI=1S/C17H20N2O3S/c1-3-9-19(13-8-10-23(21,22)12-13)17(20)15-11-18(2)16-7-5-4-6-14(15)16/h3-7,11,13H,1,8-10,12H2,2H3/t13-/m1/s1. The van der Waals surface area contributed by atoms with E-state index in [0.29, 0.717) is 18.5 Å². The molecule has 122 valence electrons. The molecule has 0 radical (unpaired) electrons. The van der Waals surface area contributed by atoms with E-state index < -0.39 is 9.84 Å². The van der Waals surface area contributed by atoms with Crippen LogP contribution in [0.1, 0.15) is 16.8 Å². The molecule has 1 aliphatic rings. The van der Waals surface area contributed by atoms with E-state index in [-0.39, 0.29) is 23.5 Å². The van der Waals surface area contributed by atoms with Crippen molar-refractivity contribution in [2.45, 2.75) is 12.5 Å². The predicted octanol–water partition coefficient (Wildman–Crippen LogP) is 1.99. The van der Waals surface area contributed by atoms with E-state index in [4.69, 9.17) is 0 Å². The van der Waals surface area contributed by atoms with Crippen molar-refractivity contribution < 1.29 is 13.2 Å². The Labute approximate surface area is 136 Å². The highest BCUT2D eigenvalue weighted by atomic mass is 32.2. The maximum atomic E-state index is 13.0. The first-order chi connectivity index (χ1) is 10.9. The highest BCUT2D eigenvalue weighted by Gasteiger charge is 2.35. The molecule has 1 fully saturated rings. The van der Waals surface area contributed by atoms with E-state index >= 15 is 0 Å². The number of carbonyl (C=O) groups excluding carboxylic acids is 1. The second-order valence-electron chi connectivity index (χ2n) is 5.97. The first-order valence-electron chi connectivity index (χ1n) is 7.59. The number of para-hydroxylation sites is 1. The van der Waals surface area contributed by atoms with Crippen molar-refractivity contribution in [3.05, 3.63) is 48.7 Å². The smallest absolute Gasteiger partial charge is 0.256 e. The number of hydrogen-bond donors (Lipinski definition) is 0. The topological polar surface area (TPSA) is 59.4 Å². The molecule has 5 nitrogen and oxygen atoms in total. The molecule has 1 aromatic heterocycles. The van der Waals surface area contributed by atoms with Crippen LogP contribution in [0.25, 0.3) is 10.9 Å². The molecule has 1 saturated heterocycles. The van der Waals surface area contributed by atoms with Crippen LogP contribution in [0.15, 0.2) is 43.1 Å². The Bertz CT molecular complexity index is 867. The van der Waals surface area contributed by atoms with Crippen molar-refractivity contribution in [2.75, 3.05) is 18.1 Å². The van der Waals surface area contributed by atoms with Crippen molar-refractivity contribution in [1.29, 1.82) is 0 Å². The summed E-state index contributed by atoms with van der Waals surface area (Å²) in [7, 11) is -1.15. The number of aryl methyl sites for hydroxylation is 1. The summed E-state index contributed by atoms with van der Waals surface area (Å²) in [4.78, 5) is 14.7. The molecule has 0 N–H and O–H groups in total. The maximum Gasteiger partial charge on any atom is 0.256 e. The molecule has 23 heavy (non-hydrogen) atoms. The normalized spacial score (nSPS) is 19.8. The van der Waals surface area contributed by atoms with E-state index in [9.17, 15) is 13.2 Å². The summed E-state index contributed by atoms with van der Waals surface area (Å²) in [6.07, 6.45) is 3.95. The van der Waals surface area contributed by atoms with Gasteiger partial charge in [-0.25, -0.2) is 8.42 Å². The monoisotopic (exact) mass is 332 g/mol. The zero-order chi connectivity index (χ0) is 16.6. The third-order valence-corrected chi connectivity index (χ3v) is 6.11. The summed E-state index contributed by atoms with van der Waals surface area (Å²) in [5, 5.41) is 0.884. The Morgan fingerprint density at radius 3 is 2.83 bits per heavy atom. The van der Waals surface area contributed by atoms with Gasteiger partial charge in [-0.1, -0.05) is 24.3 Å². The predicted molar refractivity (Wildman–Crippen MR) is 91.2 cm³/mol. The minimum atomic E-state index is -3.05.